The summed E-state index contributed by atoms with van der Waals surface area (Å²) in [5.41, 5.74) is 2.05. The van der Waals surface area contributed by atoms with Crippen molar-refractivity contribution in [2.24, 2.45) is 0 Å². The summed E-state index contributed by atoms with van der Waals surface area (Å²) < 4.78 is 1.98. The minimum atomic E-state index is 0.727. The van der Waals surface area contributed by atoms with Gasteiger partial charge in [0.15, 0.2) is 0 Å². The maximum Gasteiger partial charge on any atom is 0.214 e. The topological polar surface area (TPSA) is 70.9 Å². The van der Waals surface area contributed by atoms with Crippen molar-refractivity contribution in [1.29, 1.82) is 0 Å². The molecule has 0 aliphatic heterocycles. The molecule has 0 atom stereocenters. The number of H-pyrrole nitrogens is 1. The number of nitrogens with one attached hydrogen (secondary N) is 2. The summed E-state index contributed by atoms with van der Waals surface area (Å²) in [6.07, 6.45) is 3.46. The molecule has 0 aliphatic rings. The molecule has 3 rings (SSSR count). The molecule has 0 aliphatic carbocycles. The van der Waals surface area contributed by atoms with E-state index in [0.717, 1.165) is 28.8 Å². The van der Waals surface area contributed by atoms with Crippen LogP contribution in [0, 0.1) is 13.8 Å². The first-order valence-electron chi connectivity index (χ1n) is 5.33. The minimum absolute atomic E-state index is 0.727. The van der Waals surface area contributed by atoms with E-state index in [9.17, 15) is 0 Å². The molecule has 2 N–H and O–H groups in total. The number of nitrogens with zero attached hydrogens (tertiary/aromatic N) is 4. The van der Waals surface area contributed by atoms with E-state index in [4.69, 9.17) is 0 Å². The summed E-state index contributed by atoms with van der Waals surface area (Å²) in [5.74, 6) is 2.44. The van der Waals surface area contributed by atoms with Crippen LogP contribution in [-0.4, -0.2) is 24.6 Å². The van der Waals surface area contributed by atoms with Crippen LogP contribution in [0.1, 0.15) is 11.5 Å². The van der Waals surface area contributed by atoms with E-state index in [1.165, 1.54) is 0 Å². The number of hydrogen-bond acceptors (Lipinski definition) is 4. The number of fused-ring (bicyclic) bond motifs is 1. The summed E-state index contributed by atoms with van der Waals surface area (Å²) in [5, 5.41) is 9.90. The van der Waals surface area contributed by atoms with Crippen LogP contribution >= 0.6 is 0 Å². The van der Waals surface area contributed by atoms with Crippen molar-refractivity contribution in [1.82, 2.24) is 24.6 Å². The van der Waals surface area contributed by atoms with Crippen molar-refractivity contribution in [3.05, 3.63) is 36.0 Å². The predicted molar refractivity (Wildman–Crippen MR) is 64.3 cm³/mol. The Kier molecular flexibility index (Phi) is 2.07. The van der Waals surface area contributed by atoms with Crippen molar-refractivity contribution >= 4 is 17.3 Å². The van der Waals surface area contributed by atoms with Crippen LogP contribution in [0.5, 0.6) is 0 Å². The van der Waals surface area contributed by atoms with Crippen molar-refractivity contribution in [2.45, 2.75) is 13.8 Å². The number of anilines is 2. The Morgan fingerprint density at radius 2 is 2.12 bits per heavy atom. The zero-order valence-corrected chi connectivity index (χ0v) is 9.60. The third-order valence-corrected chi connectivity index (χ3v) is 2.65. The first-order chi connectivity index (χ1) is 8.25. The van der Waals surface area contributed by atoms with Gasteiger partial charge in [-0.15, -0.1) is 0 Å². The zero-order valence-electron chi connectivity index (χ0n) is 9.60. The van der Waals surface area contributed by atoms with Gasteiger partial charge in [-0.1, -0.05) is 0 Å². The van der Waals surface area contributed by atoms with Gasteiger partial charge in [0.25, 0.3) is 0 Å². The molecule has 0 fully saturated rings. The van der Waals surface area contributed by atoms with Crippen molar-refractivity contribution in [3.63, 3.8) is 0 Å². The van der Waals surface area contributed by atoms with E-state index in [-0.39, 0.29) is 0 Å². The van der Waals surface area contributed by atoms with Gasteiger partial charge in [-0.05, 0) is 19.9 Å². The van der Waals surface area contributed by atoms with Gasteiger partial charge in [0.2, 0.25) is 5.95 Å². The average Bonchev–Trinajstić information content (AvgIpc) is 2.90. The van der Waals surface area contributed by atoms with Gasteiger partial charge >= 0.3 is 0 Å². The normalized spacial score (nSPS) is 10.9. The van der Waals surface area contributed by atoms with Gasteiger partial charge in [0, 0.05) is 12.3 Å². The Balaban J connectivity index is 2.16. The lowest BCUT2D eigenvalue weighted by Crippen LogP contribution is -2.02. The monoisotopic (exact) mass is 228 g/mol. The first-order valence-corrected chi connectivity index (χ1v) is 5.33. The number of imidazole rings is 1. The molecule has 3 heterocycles. The fourth-order valence-electron chi connectivity index (χ4n) is 1.92. The van der Waals surface area contributed by atoms with Crippen LogP contribution in [0.2, 0.25) is 0 Å². The van der Waals surface area contributed by atoms with Crippen molar-refractivity contribution in [3.8, 4) is 0 Å². The Morgan fingerprint density at radius 1 is 1.24 bits per heavy atom. The molecule has 86 valence electrons. The maximum atomic E-state index is 4.44. The van der Waals surface area contributed by atoms with Crippen LogP contribution in [0.15, 0.2) is 24.5 Å². The minimum Gasteiger partial charge on any atom is -0.310 e. The predicted octanol–water partition coefficient (Wildman–Crippen LogP) is 1.81. The Bertz CT molecular complexity index is 652. The molecule has 6 nitrogen and oxygen atoms in total. The van der Waals surface area contributed by atoms with E-state index >= 15 is 0 Å². The Labute approximate surface area is 97.7 Å². The molecule has 0 aromatic carbocycles. The second-order valence-electron chi connectivity index (χ2n) is 3.83. The van der Waals surface area contributed by atoms with E-state index < -0.39 is 0 Å². The highest BCUT2D eigenvalue weighted by atomic mass is 15.3. The highest BCUT2D eigenvalue weighted by Gasteiger charge is 2.09. The van der Waals surface area contributed by atoms with Gasteiger partial charge in [-0.25, -0.2) is 9.97 Å². The molecule has 3 aromatic heterocycles. The zero-order chi connectivity index (χ0) is 11.8. The Hall–Kier alpha value is -2.37. The van der Waals surface area contributed by atoms with Crippen LogP contribution in [-0.2, 0) is 0 Å². The lowest BCUT2D eigenvalue weighted by atomic mass is 10.4. The summed E-state index contributed by atoms with van der Waals surface area (Å²) >= 11 is 0. The first kappa shape index (κ1) is 9.83. The van der Waals surface area contributed by atoms with Crippen molar-refractivity contribution in [2.75, 3.05) is 5.32 Å². The summed E-state index contributed by atoms with van der Waals surface area (Å²) in [6, 6.07) is 3.80. The van der Waals surface area contributed by atoms with Gasteiger partial charge in [-0.2, -0.15) is 5.10 Å². The number of aromatic nitrogens is 5. The average molecular weight is 228 g/mol. The molecular weight excluding hydrogens is 216 g/mol. The molecule has 6 heteroatoms. The van der Waals surface area contributed by atoms with E-state index in [1.807, 2.05) is 30.4 Å². The van der Waals surface area contributed by atoms with Crippen LogP contribution < -0.4 is 5.32 Å². The third-order valence-electron chi connectivity index (χ3n) is 2.65. The number of aryl methyl sites for hydroxylation is 2. The molecule has 0 amide bonds. The molecule has 0 saturated carbocycles. The molecule has 0 unspecified atom stereocenters. The molecule has 0 radical (unpaired) electrons. The number of aromatic amines is 1. The summed E-state index contributed by atoms with van der Waals surface area (Å²) in [6.45, 7) is 3.95. The highest BCUT2D eigenvalue weighted by molar-refractivity contribution is 5.59. The Morgan fingerprint density at radius 3 is 2.88 bits per heavy atom. The van der Waals surface area contributed by atoms with Crippen LogP contribution in [0.4, 0.5) is 11.8 Å². The standard InChI is InChI=1S/C11H12N6/c1-7-9-3-5-12-11(17(9)8(2)14-7)15-10-4-6-13-16-10/h3-6H,1-2H3,(H2,12,13,15,16). The quantitative estimate of drug-likeness (QED) is 0.701. The van der Waals surface area contributed by atoms with Gasteiger partial charge < -0.3 is 5.32 Å². The smallest absolute Gasteiger partial charge is 0.214 e. The van der Waals surface area contributed by atoms with Gasteiger partial charge in [0.1, 0.15) is 11.6 Å². The lowest BCUT2D eigenvalue weighted by Gasteiger charge is -2.06. The fourth-order valence-corrected chi connectivity index (χ4v) is 1.92. The third kappa shape index (κ3) is 1.54. The molecule has 0 spiro atoms. The molecule has 3 aromatic rings. The SMILES string of the molecule is Cc1nc(C)n2c(Nc3ccn[nH]3)nccc12. The van der Waals surface area contributed by atoms with Gasteiger partial charge in [0.05, 0.1) is 17.4 Å². The van der Waals surface area contributed by atoms with Crippen LogP contribution in [0.3, 0.4) is 0 Å². The number of rotatable bonds is 2. The lowest BCUT2D eigenvalue weighted by molar-refractivity contribution is 0.997. The summed E-state index contributed by atoms with van der Waals surface area (Å²) in [7, 11) is 0. The highest BCUT2D eigenvalue weighted by Crippen LogP contribution is 2.18. The van der Waals surface area contributed by atoms with E-state index in [0.29, 0.717) is 0 Å². The maximum absolute atomic E-state index is 4.44. The van der Waals surface area contributed by atoms with Gasteiger partial charge in [-0.3, -0.25) is 9.50 Å². The largest absolute Gasteiger partial charge is 0.310 e. The van der Waals surface area contributed by atoms with E-state index in [1.54, 1.807) is 12.4 Å². The molecular formula is C11H12N6. The second-order valence-corrected chi connectivity index (χ2v) is 3.83. The van der Waals surface area contributed by atoms with E-state index in [2.05, 4.69) is 25.5 Å². The fraction of sp³-hybridized carbons (Fsp3) is 0.182. The second kappa shape index (κ2) is 3.58. The molecule has 0 bridgehead atoms. The summed E-state index contributed by atoms with van der Waals surface area (Å²) in [4.78, 5) is 8.76. The van der Waals surface area contributed by atoms with Crippen LogP contribution in [0.25, 0.3) is 5.52 Å². The molecule has 0 saturated heterocycles. The van der Waals surface area contributed by atoms with Crippen molar-refractivity contribution < 1.29 is 0 Å². The number of hydrogen-bond donors (Lipinski definition) is 2. The molecule has 17 heavy (non-hydrogen) atoms.